The number of pyridine rings is 1. The molecule has 1 aromatic carbocycles. The van der Waals surface area contributed by atoms with E-state index < -0.39 is 22.9 Å². The number of unbranched alkanes of at least 4 members (excludes halogenated alkanes) is 3. The Balaban J connectivity index is 0.00000360. The molecule has 3 saturated heterocycles. The van der Waals surface area contributed by atoms with E-state index in [0.717, 1.165) is 61.7 Å². The molecule has 9 atom stereocenters. The van der Waals surface area contributed by atoms with E-state index in [-0.39, 0.29) is 64.5 Å². The molecule has 6 heterocycles. The highest BCUT2D eigenvalue weighted by Crippen LogP contribution is 2.83. The van der Waals surface area contributed by atoms with Gasteiger partial charge in [0.1, 0.15) is 36.6 Å². The zero-order valence-corrected chi connectivity index (χ0v) is 31.7. The number of aromatic amines is 1. The van der Waals surface area contributed by atoms with E-state index in [9.17, 15) is 9.59 Å². The molecule has 1 N–H and O–H groups in total. The average Bonchev–Trinajstić information content (AvgIpc) is 4.07. The Morgan fingerprint density at radius 1 is 1.04 bits per heavy atom. The highest BCUT2D eigenvalue weighted by Gasteiger charge is 3.01. The maximum Gasteiger partial charge on any atom is 0.334 e. The first-order valence-electron chi connectivity index (χ1n) is 19.1. The lowest BCUT2D eigenvalue weighted by Crippen LogP contribution is -3.00. The molecule has 0 unspecified atom stereocenters. The molecule has 0 amide bonds. The summed E-state index contributed by atoms with van der Waals surface area (Å²) in [5.74, 6) is -0.0293. The van der Waals surface area contributed by atoms with Gasteiger partial charge in [-0.2, -0.15) is 0 Å². The average molecular weight is 772 g/mol. The van der Waals surface area contributed by atoms with Crippen LogP contribution in [0.4, 0.5) is 0 Å². The number of carbonyl (C=O) groups is 2. The molecule has 3 aliphatic carbocycles. The predicted molar refractivity (Wildman–Crippen MR) is 188 cm³/mol. The molecular weight excluding hydrogens is 724 g/mol. The van der Waals surface area contributed by atoms with Gasteiger partial charge in [-0.15, -0.1) is 0 Å². The van der Waals surface area contributed by atoms with Crippen molar-refractivity contribution in [1.82, 2.24) is 4.98 Å². The van der Waals surface area contributed by atoms with Gasteiger partial charge < -0.3 is 45.6 Å². The van der Waals surface area contributed by atoms with Gasteiger partial charge in [-0.3, -0.25) is 4.79 Å². The third-order valence-corrected chi connectivity index (χ3v) is 13.9. The number of nitrogens with zero attached hydrogens (tertiary/aromatic N) is 1. The zero-order valence-electron chi connectivity index (χ0n) is 30.1. The number of para-hydroxylation sites is 1. The second-order valence-electron chi connectivity index (χ2n) is 16.5. The summed E-state index contributed by atoms with van der Waals surface area (Å²) in [6.45, 7) is 7.94. The molecular formula is C42H47BrN2O7. The summed E-state index contributed by atoms with van der Waals surface area (Å²) in [7, 11) is 0. The number of aromatic nitrogens is 2. The summed E-state index contributed by atoms with van der Waals surface area (Å²) in [4.78, 5) is 29.4. The summed E-state index contributed by atoms with van der Waals surface area (Å²) in [6.07, 6.45) is 16.4. The SMILES string of the molecule is CC(C)[C@]12O[C@H]1[C@@H]1O[C@]13[C@]1(O[C@H]1C[C@H]1C4=C(CC[C@@]13C)C(=O)OC4)[C@@H]2OC(=O)CCCCCC[n+]1ccc(/C=C/c2c[nH]c3ccccc23)cc1.[Br-]. The van der Waals surface area contributed by atoms with Crippen LogP contribution >= 0.6 is 0 Å². The van der Waals surface area contributed by atoms with Gasteiger partial charge in [0.05, 0.1) is 6.10 Å². The van der Waals surface area contributed by atoms with Crippen LogP contribution in [0.3, 0.4) is 0 Å². The molecule has 2 saturated carbocycles. The molecule has 10 heteroatoms. The monoisotopic (exact) mass is 770 g/mol. The van der Waals surface area contributed by atoms with Crippen LogP contribution < -0.4 is 21.5 Å². The van der Waals surface area contributed by atoms with Crippen molar-refractivity contribution >= 4 is 35.0 Å². The number of ether oxygens (including phenoxy) is 5. The van der Waals surface area contributed by atoms with Gasteiger partial charge in [0.15, 0.2) is 24.1 Å². The highest BCUT2D eigenvalue weighted by atomic mass is 79.9. The van der Waals surface area contributed by atoms with E-state index in [0.29, 0.717) is 19.4 Å². The number of hydrogen-bond acceptors (Lipinski definition) is 7. The first kappa shape index (κ1) is 34.5. The summed E-state index contributed by atoms with van der Waals surface area (Å²) < 4.78 is 34.4. The van der Waals surface area contributed by atoms with E-state index in [1.54, 1.807) is 0 Å². The number of benzene rings is 1. The largest absolute Gasteiger partial charge is 1.00 e. The van der Waals surface area contributed by atoms with Crippen LogP contribution in [0.1, 0.15) is 83.3 Å². The highest BCUT2D eigenvalue weighted by molar-refractivity contribution is 5.92. The molecule has 0 bridgehead atoms. The second-order valence-corrected chi connectivity index (χ2v) is 16.5. The van der Waals surface area contributed by atoms with Crippen molar-refractivity contribution in [3.63, 3.8) is 0 Å². The van der Waals surface area contributed by atoms with E-state index in [2.05, 4.69) is 85.2 Å². The van der Waals surface area contributed by atoms with Crippen molar-refractivity contribution < 1.29 is 54.8 Å². The smallest absolute Gasteiger partial charge is 0.334 e. The summed E-state index contributed by atoms with van der Waals surface area (Å²) in [6, 6.07) is 12.6. The third-order valence-electron chi connectivity index (χ3n) is 13.9. The van der Waals surface area contributed by atoms with Gasteiger partial charge in [0.2, 0.25) is 0 Å². The molecule has 9 nitrogen and oxygen atoms in total. The topological polar surface area (TPSA) is 110 Å². The molecule has 0 radical (unpaired) electrons. The third kappa shape index (κ3) is 4.66. The van der Waals surface area contributed by atoms with E-state index in [1.807, 2.05) is 12.3 Å². The summed E-state index contributed by atoms with van der Waals surface area (Å²) in [5, 5.41) is 1.23. The lowest BCUT2D eigenvalue weighted by Gasteiger charge is -2.53. The van der Waals surface area contributed by atoms with Crippen molar-refractivity contribution in [2.24, 2.45) is 17.3 Å². The van der Waals surface area contributed by atoms with Crippen molar-refractivity contribution in [3.05, 3.63) is 77.3 Å². The van der Waals surface area contributed by atoms with Crippen LogP contribution in [0.2, 0.25) is 0 Å². The molecule has 2 aromatic heterocycles. The van der Waals surface area contributed by atoms with Gasteiger partial charge in [0.25, 0.3) is 0 Å². The maximum atomic E-state index is 13.6. The lowest BCUT2D eigenvalue weighted by molar-refractivity contribution is -0.697. The summed E-state index contributed by atoms with van der Waals surface area (Å²) >= 11 is 0. The van der Waals surface area contributed by atoms with Gasteiger partial charge in [-0.05, 0) is 66.7 Å². The number of epoxide rings is 3. The number of hydrogen-bond donors (Lipinski definition) is 1. The minimum Gasteiger partial charge on any atom is -1.00 e. The van der Waals surface area contributed by atoms with E-state index in [1.165, 1.54) is 16.5 Å². The number of H-pyrrole nitrogens is 1. The first-order chi connectivity index (χ1) is 24.7. The number of rotatable bonds is 11. The fourth-order valence-corrected chi connectivity index (χ4v) is 11.1. The minimum atomic E-state index is -0.698. The Morgan fingerprint density at radius 2 is 1.85 bits per heavy atom. The van der Waals surface area contributed by atoms with Crippen molar-refractivity contribution in [2.45, 2.75) is 120 Å². The van der Waals surface area contributed by atoms with E-state index >= 15 is 0 Å². The van der Waals surface area contributed by atoms with Crippen molar-refractivity contribution in [1.29, 1.82) is 0 Å². The van der Waals surface area contributed by atoms with Gasteiger partial charge >= 0.3 is 11.9 Å². The summed E-state index contributed by atoms with van der Waals surface area (Å²) in [5.41, 5.74) is 3.39. The van der Waals surface area contributed by atoms with Crippen LogP contribution in [0, 0.1) is 17.3 Å². The van der Waals surface area contributed by atoms with Crippen LogP contribution in [-0.2, 0) is 39.8 Å². The van der Waals surface area contributed by atoms with Crippen molar-refractivity contribution in [3.8, 4) is 0 Å². The van der Waals surface area contributed by atoms with Gasteiger partial charge in [0, 0.05) is 53.1 Å². The fraction of sp³-hybridized carbons (Fsp3) is 0.548. The van der Waals surface area contributed by atoms with Crippen LogP contribution in [0.15, 0.2) is 66.1 Å². The van der Waals surface area contributed by atoms with Crippen molar-refractivity contribution in [2.75, 3.05) is 6.61 Å². The molecule has 10 rings (SSSR count). The lowest BCUT2D eigenvalue weighted by atomic mass is 9.46. The van der Waals surface area contributed by atoms with Crippen LogP contribution in [-0.4, -0.2) is 64.7 Å². The van der Waals surface area contributed by atoms with Gasteiger partial charge in [-0.1, -0.05) is 57.5 Å². The molecule has 7 aliphatic rings. The second kappa shape index (κ2) is 12.1. The Bertz CT molecular complexity index is 2010. The molecule has 5 fully saturated rings. The Morgan fingerprint density at radius 3 is 2.67 bits per heavy atom. The minimum absolute atomic E-state index is 0. The quantitative estimate of drug-likeness (QED) is 0.138. The Kier molecular flexibility index (Phi) is 8.02. The molecule has 52 heavy (non-hydrogen) atoms. The number of fused-ring (bicyclic) bond motifs is 5. The Labute approximate surface area is 314 Å². The standard InChI is InChI=1S/C42H46N2O7.BrH/c1-25(2)40-35(50-40)36-42(51-36)39(3)18-15-29-30(24-47-37(29)46)31(39)22-33-41(42,49-33)38(40)48-34(45)12-6-4-5-9-19-44-20-16-26(17-21-44)13-14-27-23-43-32-11-8-7-10-28(27)32;/h7-8,10-11,13-14,16-17,20-21,23,25,31,33,35-36,38H,4-6,9,12,15,18-19,22,24H2,1-3H3;1H/t31-,33-,35-,36-,38+,39-,40-,41+,42+;/m0./s1. The molecule has 274 valence electrons. The Hall–Kier alpha value is -3.31. The first-order valence-corrected chi connectivity index (χ1v) is 19.1. The molecule has 3 aromatic rings. The van der Waals surface area contributed by atoms with E-state index in [4.69, 9.17) is 23.7 Å². The van der Waals surface area contributed by atoms with Crippen LogP contribution in [0.25, 0.3) is 23.1 Å². The number of nitrogens with one attached hydrogen (secondary N) is 1. The molecule has 2 spiro atoms. The number of halogens is 1. The normalized spacial score (nSPS) is 37.3. The zero-order chi connectivity index (χ0) is 34.8. The number of aryl methyl sites for hydroxylation is 1. The predicted octanol–water partition coefficient (Wildman–Crippen LogP) is 3.25. The fourth-order valence-electron chi connectivity index (χ4n) is 11.1. The maximum absolute atomic E-state index is 13.6. The van der Waals surface area contributed by atoms with Crippen LogP contribution in [0.5, 0.6) is 0 Å². The number of cyclic esters (lactones) is 1. The van der Waals surface area contributed by atoms with Gasteiger partial charge in [-0.25, -0.2) is 9.36 Å². The number of carbonyl (C=O) groups excluding carboxylic acids is 2. The number of esters is 2. The molecule has 4 aliphatic heterocycles.